The Labute approximate surface area is 139 Å². The lowest BCUT2D eigenvalue weighted by molar-refractivity contribution is 0.0949. The summed E-state index contributed by atoms with van der Waals surface area (Å²) < 4.78 is 24.4. The van der Waals surface area contributed by atoms with Crippen LogP contribution in [-0.4, -0.2) is 25.7 Å². The molecule has 1 aliphatic carbocycles. The van der Waals surface area contributed by atoms with Gasteiger partial charge in [-0.1, -0.05) is 12.1 Å². The second-order valence-corrected chi connectivity index (χ2v) is 6.33. The van der Waals surface area contributed by atoms with Crippen molar-refractivity contribution in [1.82, 2.24) is 5.32 Å². The minimum Gasteiger partial charge on any atom is -0.486 e. The molecular weight excluding hydrogens is 309 g/mol. The van der Waals surface area contributed by atoms with Gasteiger partial charge in [-0.15, -0.1) is 0 Å². The van der Waals surface area contributed by atoms with Crippen LogP contribution in [0.3, 0.4) is 0 Å². The molecule has 1 heterocycles. The summed E-state index contributed by atoms with van der Waals surface area (Å²) in [6.45, 7) is 1.66. The summed E-state index contributed by atoms with van der Waals surface area (Å²) in [5.41, 5.74) is 1.43. The molecule has 2 aromatic rings. The number of nitrogens with one attached hydrogen (secondary N) is 1. The SMILES string of the molecule is O=C(NCC1(c2ccc3c(c2)OCCO3)CC1)c1cccc(F)c1. The van der Waals surface area contributed by atoms with Crippen LogP contribution >= 0.6 is 0 Å². The van der Waals surface area contributed by atoms with Gasteiger partial charge < -0.3 is 14.8 Å². The van der Waals surface area contributed by atoms with Crippen LogP contribution in [0.25, 0.3) is 0 Å². The largest absolute Gasteiger partial charge is 0.486 e. The lowest BCUT2D eigenvalue weighted by Gasteiger charge is -2.22. The second-order valence-electron chi connectivity index (χ2n) is 6.33. The van der Waals surface area contributed by atoms with Crippen molar-refractivity contribution in [2.75, 3.05) is 19.8 Å². The molecule has 0 bridgehead atoms. The first-order valence-corrected chi connectivity index (χ1v) is 8.10. The van der Waals surface area contributed by atoms with Crippen molar-refractivity contribution in [3.63, 3.8) is 0 Å². The predicted octanol–water partition coefficient (Wildman–Crippen LogP) is 3.06. The van der Waals surface area contributed by atoms with E-state index in [4.69, 9.17) is 9.47 Å². The van der Waals surface area contributed by atoms with Gasteiger partial charge in [0, 0.05) is 17.5 Å². The van der Waals surface area contributed by atoms with E-state index in [2.05, 4.69) is 5.32 Å². The maximum absolute atomic E-state index is 13.2. The van der Waals surface area contributed by atoms with Gasteiger partial charge in [-0.25, -0.2) is 4.39 Å². The number of hydrogen-bond donors (Lipinski definition) is 1. The molecule has 4 nitrogen and oxygen atoms in total. The van der Waals surface area contributed by atoms with Gasteiger partial charge >= 0.3 is 0 Å². The molecule has 2 aliphatic rings. The van der Waals surface area contributed by atoms with Crippen molar-refractivity contribution in [2.24, 2.45) is 0 Å². The highest BCUT2D eigenvalue weighted by atomic mass is 19.1. The zero-order valence-electron chi connectivity index (χ0n) is 13.2. The average Bonchev–Trinajstić information content (AvgIpc) is 3.40. The highest BCUT2D eigenvalue weighted by Gasteiger charge is 2.44. The van der Waals surface area contributed by atoms with Crippen molar-refractivity contribution in [2.45, 2.75) is 18.3 Å². The summed E-state index contributed by atoms with van der Waals surface area (Å²) >= 11 is 0. The summed E-state index contributed by atoms with van der Waals surface area (Å²) in [5, 5.41) is 2.93. The lowest BCUT2D eigenvalue weighted by Crippen LogP contribution is -2.32. The van der Waals surface area contributed by atoms with Crippen molar-refractivity contribution in [3.8, 4) is 11.5 Å². The highest BCUT2D eigenvalue weighted by Crippen LogP contribution is 2.49. The molecule has 5 heteroatoms. The standard InChI is InChI=1S/C19H18FNO3/c20-15-3-1-2-13(10-15)18(22)21-12-19(6-7-19)14-4-5-16-17(11-14)24-9-8-23-16/h1-5,10-11H,6-9,12H2,(H,21,22). The normalized spacial score (nSPS) is 17.2. The fourth-order valence-electron chi connectivity index (χ4n) is 3.07. The van der Waals surface area contributed by atoms with Crippen molar-refractivity contribution in [1.29, 1.82) is 0 Å². The van der Waals surface area contributed by atoms with Crippen LogP contribution in [0.15, 0.2) is 42.5 Å². The van der Waals surface area contributed by atoms with Crippen molar-refractivity contribution in [3.05, 3.63) is 59.4 Å². The maximum atomic E-state index is 13.2. The van der Waals surface area contributed by atoms with Crippen molar-refractivity contribution >= 4 is 5.91 Å². The van der Waals surface area contributed by atoms with E-state index in [1.54, 1.807) is 6.07 Å². The van der Waals surface area contributed by atoms with Gasteiger partial charge in [-0.2, -0.15) is 0 Å². The van der Waals surface area contributed by atoms with E-state index in [-0.39, 0.29) is 11.3 Å². The van der Waals surface area contributed by atoms with Crippen LogP contribution in [0, 0.1) is 5.82 Å². The molecule has 1 fully saturated rings. The fourth-order valence-corrected chi connectivity index (χ4v) is 3.07. The molecule has 0 unspecified atom stereocenters. The Morgan fingerprint density at radius 2 is 1.88 bits per heavy atom. The first kappa shape index (κ1) is 15.0. The van der Waals surface area contributed by atoms with Crippen LogP contribution in [0.2, 0.25) is 0 Å². The molecule has 4 rings (SSSR count). The molecule has 1 aliphatic heterocycles. The van der Waals surface area contributed by atoms with E-state index >= 15 is 0 Å². The summed E-state index contributed by atoms with van der Waals surface area (Å²) in [5.74, 6) is 0.875. The minimum atomic E-state index is -0.407. The van der Waals surface area contributed by atoms with Gasteiger partial charge in [0.15, 0.2) is 11.5 Å². The van der Waals surface area contributed by atoms with Gasteiger partial charge in [0.05, 0.1) is 0 Å². The third kappa shape index (κ3) is 2.82. The minimum absolute atomic E-state index is 0.0567. The van der Waals surface area contributed by atoms with E-state index < -0.39 is 5.82 Å². The Balaban J connectivity index is 1.47. The average molecular weight is 327 g/mol. The zero-order chi connectivity index (χ0) is 16.6. The number of halogens is 1. The highest BCUT2D eigenvalue weighted by molar-refractivity contribution is 5.94. The van der Waals surface area contributed by atoms with Gasteiger partial charge in [0.25, 0.3) is 5.91 Å². The van der Waals surface area contributed by atoms with E-state index in [1.165, 1.54) is 18.2 Å². The van der Waals surface area contributed by atoms with Gasteiger partial charge in [-0.05, 0) is 48.7 Å². The molecule has 2 aromatic carbocycles. The van der Waals surface area contributed by atoms with E-state index in [9.17, 15) is 9.18 Å². The summed E-state index contributed by atoms with van der Waals surface area (Å²) in [4.78, 5) is 12.2. The maximum Gasteiger partial charge on any atom is 0.251 e. The summed E-state index contributed by atoms with van der Waals surface area (Å²) in [6.07, 6.45) is 2.02. The Hall–Kier alpha value is -2.56. The van der Waals surface area contributed by atoms with E-state index in [0.717, 1.165) is 29.9 Å². The Kier molecular flexibility index (Phi) is 3.63. The first-order chi connectivity index (χ1) is 11.7. The Bertz CT molecular complexity index is 786. The first-order valence-electron chi connectivity index (χ1n) is 8.10. The van der Waals surface area contributed by atoms with Crippen LogP contribution in [0.5, 0.6) is 11.5 Å². The molecular formula is C19H18FNO3. The molecule has 0 atom stereocenters. The fraction of sp³-hybridized carbons (Fsp3) is 0.316. The number of amides is 1. The number of carbonyl (C=O) groups excluding carboxylic acids is 1. The molecule has 1 amide bonds. The molecule has 0 aromatic heterocycles. The topological polar surface area (TPSA) is 47.6 Å². The second kappa shape index (κ2) is 5.82. The molecule has 1 saturated carbocycles. The smallest absolute Gasteiger partial charge is 0.251 e. The van der Waals surface area contributed by atoms with Crippen LogP contribution in [0.1, 0.15) is 28.8 Å². The monoisotopic (exact) mass is 327 g/mol. The number of benzene rings is 2. The quantitative estimate of drug-likeness (QED) is 0.939. The molecule has 0 spiro atoms. The van der Waals surface area contributed by atoms with Gasteiger partial charge in [0.1, 0.15) is 19.0 Å². The zero-order valence-corrected chi connectivity index (χ0v) is 13.2. The molecule has 0 saturated heterocycles. The van der Waals surface area contributed by atoms with Gasteiger partial charge in [-0.3, -0.25) is 4.79 Å². The van der Waals surface area contributed by atoms with E-state index in [1.807, 2.05) is 18.2 Å². The summed E-state index contributed by atoms with van der Waals surface area (Å²) in [7, 11) is 0. The van der Waals surface area contributed by atoms with E-state index in [0.29, 0.717) is 25.3 Å². The molecule has 0 radical (unpaired) electrons. The molecule has 24 heavy (non-hydrogen) atoms. The number of hydrogen-bond acceptors (Lipinski definition) is 3. The Morgan fingerprint density at radius 1 is 1.08 bits per heavy atom. The van der Waals surface area contributed by atoms with Crippen molar-refractivity contribution < 1.29 is 18.7 Å². The van der Waals surface area contributed by atoms with Crippen LogP contribution < -0.4 is 14.8 Å². The number of ether oxygens (including phenoxy) is 2. The molecule has 1 N–H and O–H groups in total. The van der Waals surface area contributed by atoms with Crippen LogP contribution in [-0.2, 0) is 5.41 Å². The summed E-state index contributed by atoms with van der Waals surface area (Å²) in [6, 6.07) is 11.7. The lowest BCUT2D eigenvalue weighted by atomic mass is 9.95. The van der Waals surface area contributed by atoms with Crippen LogP contribution in [0.4, 0.5) is 4.39 Å². The van der Waals surface area contributed by atoms with Gasteiger partial charge in [0.2, 0.25) is 0 Å². The molecule has 124 valence electrons. The third-order valence-corrected chi connectivity index (χ3v) is 4.68. The number of fused-ring (bicyclic) bond motifs is 1. The Morgan fingerprint density at radius 3 is 2.62 bits per heavy atom. The predicted molar refractivity (Wildman–Crippen MR) is 87.1 cm³/mol. The number of rotatable bonds is 4. The number of carbonyl (C=O) groups is 1. The third-order valence-electron chi connectivity index (χ3n) is 4.68.